The van der Waals surface area contributed by atoms with Crippen LogP contribution >= 0.6 is 0 Å². The maximum atomic E-state index is 14.3. The van der Waals surface area contributed by atoms with Crippen molar-refractivity contribution in [3.8, 4) is 0 Å². The Balaban J connectivity index is 1.65. The maximum absolute atomic E-state index is 14.3. The summed E-state index contributed by atoms with van der Waals surface area (Å²) in [7, 11) is 1.52. The van der Waals surface area contributed by atoms with Gasteiger partial charge in [-0.15, -0.1) is 0 Å². The van der Waals surface area contributed by atoms with Gasteiger partial charge in [0.25, 0.3) is 0 Å². The van der Waals surface area contributed by atoms with Crippen LogP contribution in [0, 0.1) is 50.2 Å². The van der Waals surface area contributed by atoms with Crippen molar-refractivity contribution in [2.45, 2.75) is 112 Å². The van der Waals surface area contributed by atoms with E-state index in [9.17, 15) is 14.7 Å². The van der Waals surface area contributed by atoms with Crippen molar-refractivity contribution in [3.63, 3.8) is 0 Å². The summed E-state index contributed by atoms with van der Waals surface area (Å²) >= 11 is 0. The molecule has 0 unspecified atom stereocenters. The third-order valence-corrected chi connectivity index (χ3v) is 13.0. The molecule has 0 radical (unpaired) electrons. The van der Waals surface area contributed by atoms with Gasteiger partial charge in [-0.1, -0.05) is 54.0 Å². The average Bonchev–Trinajstić information content (AvgIpc) is 2.77. The van der Waals surface area contributed by atoms with E-state index in [1.165, 1.54) is 12.7 Å². The molecule has 35 heavy (non-hydrogen) atoms. The molecular formula is C31H48O4. The van der Waals surface area contributed by atoms with Crippen LogP contribution in [0.5, 0.6) is 0 Å². The molecule has 0 spiro atoms. The summed E-state index contributed by atoms with van der Waals surface area (Å²) in [5, 5.41) is 10.9. The van der Waals surface area contributed by atoms with E-state index in [0.29, 0.717) is 5.92 Å². The molecule has 4 nitrogen and oxygen atoms in total. The fourth-order valence-corrected chi connectivity index (χ4v) is 10.6. The number of carbonyl (C=O) groups excluding carboxylic acids is 2. The molecule has 5 rings (SSSR count). The summed E-state index contributed by atoms with van der Waals surface area (Å²) in [5.74, 6) is 0.436. The van der Waals surface area contributed by atoms with E-state index in [-0.39, 0.29) is 56.8 Å². The van der Waals surface area contributed by atoms with Gasteiger partial charge in [-0.25, -0.2) is 0 Å². The normalized spacial score (nSPS) is 50.1. The van der Waals surface area contributed by atoms with Crippen molar-refractivity contribution in [1.29, 1.82) is 0 Å². The third kappa shape index (κ3) is 3.07. The second-order valence-electron chi connectivity index (χ2n) is 15.2. The number of hydrogen-bond acceptors (Lipinski definition) is 4. The van der Waals surface area contributed by atoms with Crippen LogP contribution in [0.3, 0.4) is 0 Å². The van der Waals surface area contributed by atoms with Gasteiger partial charge >= 0.3 is 5.97 Å². The average molecular weight is 485 g/mol. The van der Waals surface area contributed by atoms with Crippen molar-refractivity contribution in [1.82, 2.24) is 0 Å². The Morgan fingerprint density at radius 2 is 1.60 bits per heavy atom. The molecular weight excluding hydrogens is 436 g/mol. The van der Waals surface area contributed by atoms with Crippen molar-refractivity contribution >= 4 is 11.8 Å². The number of esters is 1. The summed E-state index contributed by atoms with van der Waals surface area (Å²) < 4.78 is 5.43. The van der Waals surface area contributed by atoms with Crippen LogP contribution in [0.1, 0.15) is 106 Å². The van der Waals surface area contributed by atoms with E-state index in [4.69, 9.17) is 4.74 Å². The molecule has 0 aromatic rings. The zero-order valence-corrected chi connectivity index (χ0v) is 23.4. The lowest BCUT2D eigenvalue weighted by atomic mass is 9.34. The minimum absolute atomic E-state index is 0.0368. The molecule has 0 bridgehead atoms. The van der Waals surface area contributed by atoms with E-state index in [2.05, 4.69) is 54.5 Å². The predicted molar refractivity (Wildman–Crippen MR) is 137 cm³/mol. The molecule has 0 aromatic heterocycles. The van der Waals surface area contributed by atoms with Crippen LogP contribution in [-0.4, -0.2) is 30.1 Å². The highest BCUT2D eigenvalue weighted by molar-refractivity contribution is 5.96. The summed E-state index contributed by atoms with van der Waals surface area (Å²) in [6, 6.07) is 0. The molecule has 0 amide bonds. The SMILES string of the molecule is COC(=O)[C@]12CCC(C)(C)C[C@@H]1[C@H]1C(=O)C=C3[C@@]4(C)CC[C@@H](O)C(C)(C)[C@H]4CC[C@@]3(C)[C@]1(C)CC2. The minimum Gasteiger partial charge on any atom is -0.469 e. The van der Waals surface area contributed by atoms with Crippen molar-refractivity contribution in [2.24, 2.45) is 50.2 Å². The Hall–Kier alpha value is -1.16. The van der Waals surface area contributed by atoms with Gasteiger partial charge in [-0.05, 0) is 103 Å². The molecule has 8 atom stereocenters. The lowest BCUT2D eigenvalue weighted by Crippen LogP contribution is -2.66. The first-order valence-corrected chi connectivity index (χ1v) is 14.1. The van der Waals surface area contributed by atoms with E-state index < -0.39 is 5.41 Å². The van der Waals surface area contributed by atoms with Gasteiger partial charge in [0.15, 0.2) is 5.78 Å². The summed E-state index contributed by atoms with van der Waals surface area (Å²) in [6.45, 7) is 16.3. The molecule has 0 saturated heterocycles. The number of rotatable bonds is 1. The molecule has 5 aliphatic rings. The summed E-state index contributed by atoms with van der Waals surface area (Å²) in [6.07, 6.45) is 10.1. The molecule has 5 aliphatic carbocycles. The molecule has 196 valence electrons. The van der Waals surface area contributed by atoms with Gasteiger partial charge in [0.2, 0.25) is 0 Å². The quantitative estimate of drug-likeness (QED) is 0.431. The second kappa shape index (κ2) is 7.45. The van der Waals surface area contributed by atoms with E-state index >= 15 is 0 Å². The van der Waals surface area contributed by atoms with Gasteiger partial charge < -0.3 is 9.84 Å². The lowest BCUT2D eigenvalue weighted by molar-refractivity contribution is -0.195. The highest BCUT2D eigenvalue weighted by atomic mass is 16.5. The van der Waals surface area contributed by atoms with Crippen LogP contribution < -0.4 is 0 Å². The third-order valence-electron chi connectivity index (χ3n) is 13.0. The van der Waals surface area contributed by atoms with E-state index in [1.807, 2.05) is 0 Å². The lowest BCUT2D eigenvalue weighted by Gasteiger charge is -2.70. The topological polar surface area (TPSA) is 63.6 Å². The molecule has 4 saturated carbocycles. The van der Waals surface area contributed by atoms with Gasteiger partial charge in [0.1, 0.15) is 0 Å². The Morgan fingerprint density at radius 3 is 2.26 bits per heavy atom. The highest BCUT2D eigenvalue weighted by Crippen LogP contribution is 2.75. The number of hydrogen-bond donors (Lipinski definition) is 1. The number of fused-ring (bicyclic) bond motifs is 7. The maximum Gasteiger partial charge on any atom is 0.312 e. The zero-order valence-electron chi connectivity index (χ0n) is 23.4. The molecule has 4 heteroatoms. The number of ketones is 1. The Kier molecular flexibility index (Phi) is 5.43. The minimum atomic E-state index is -0.524. The first-order chi connectivity index (χ1) is 16.1. The second-order valence-corrected chi connectivity index (χ2v) is 15.2. The highest BCUT2D eigenvalue weighted by Gasteiger charge is 2.71. The van der Waals surface area contributed by atoms with Gasteiger partial charge in [-0.2, -0.15) is 0 Å². The van der Waals surface area contributed by atoms with Crippen LogP contribution in [0.15, 0.2) is 11.6 Å². The molecule has 4 fully saturated rings. The molecule has 0 aromatic carbocycles. The molecule has 0 heterocycles. The fourth-order valence-electron chi connectivity index (χ4n) is 10.6. The number of allylic oxidation sites excluding steroid dienone is 2. The van der Waals surface area contributed by atoms with Crippen LogP contribution in [0.25, 0.3) is 0 Å². The van der Waals surface area contributed by atoms with Crippen LogP contribution in [0.4, 0.5) is 0 Å². The van der Waals surface area contributed by atoms with Crippen LogP contribution in [-0.2, 0) is 14.3 Å². The summed E-state index contributed by atoms with van der Waals surface area (Å²) in [5.41, 5.74) is 0.489. The first-order valence-electron chi connectivity index (χ1n) is 14.1. The Labute approximate surface area is 212 Å². The fraction of sp³-hybridized carbons (Fsp3) is 0.871. The monoisotopic (exact) mass is 484 g/mol. The Bertz CT molecular complexity index is 976. The van der Waals surface area contributed by atoms with Crippen molar-refractivity contribution < 1.29 is 19.4 Å². The zero-order chi connectivity index (χ0) is 25.8. The van der Waals surface area contributed by atoms with Gasteiger partial charge in [0.05, 0.1) is 18.6 Å². The standard InChI is InChI=1S/C31H48O4/c1-26(2)13-15-31(25(34)35-8)16-14-30(7)24(19(31)18-26)20(32)17-22-28(5)11-10-23(33)27(3,4)21(28)9-12-29(22,30)6/h17,19,21,23-24,33H,9-16,18H2,1-8H3/t19-,21-,23-,24+,28+,29-,30-,31+/m1/s1. The van der Waals surface area contributed by atoms with Crippen molar-refractivity contribution in [2.75, 3.05) is 7.11 Å². The number of ether oxygens (including phenoxy) is 1. The van der Waals surface area contributed by atoms with E-state index in [0.717, 1.165) is 57.8 Å². The van der Waals surface area contributed by atoms with Crippen molar-refractivity contribution in [3.05, 3.63) is 11.6 Å². The van der Waals surface area contributed by atoms with Gasteiger partial charge in [0, 0.05) is 5.92 Å². The number of aliphatic hydroxyl groups excluding tert-OH is 1. The molecule has 0 aliphatic heterocycles. The van der Waals surface area contributed by atoms with Gasteiger partial charge in [-0.3, -0.25) is 9.59 Å². The largest absolute Gasteiger partial charge is 0.469 e. The van der Waals surface area contributed by atoms with E-state index in [1.54, 1.807) is 0 Å². The number of carbonyl (C=O) groups is 2. The smallest absolute Gasteiger partial charge is 0.312 e. The predicted octanol–water partition coefficient (Wildman–Crippen LogP) is 6.50. The number of aliphatic hydroxyl groups is 1. The molecule has 1 N–H and O–H groups in total. The first kappa shape index (κ1) is 25.5. The van der Waals surface area contributed by atoms with Crippen LogP contribution in [0.2, 0.25) is 0 Å². The number of methoxy groups -OCH3 is 1. The Morgan fingerprint density at radius 1 is 0.943 bits per heavy atom. The summed E-state index contributed by atoms with van der Waals surface area (Å²) in [4.78, 5) is 27.7.